The summed E-state index contributed by atoms with van der Waals surface area (Å²) in [6.45, 7) is 0.592. The van der Waals surface area contributed by atoms with E-state index >= 15 is 0 Å². The second-order valence-electron chi connectivity index (χ2n) is 5.95. The molecule has 2 amide bonds. The Morgan fingerprint density at radius 3 is 2.88 bits per heavy atom. The Hall–Kier alpha value is -2.34. The van der Waals surface area contributed by atoms with Crippen LogP contribution < -0.4 is 5.32 Å². The summed E-state index contributed by atoms with van der Waals surface area (Å²) in [5, 5.41) is 7.79. The summed E-state index contributed by atoms with van der Waals surface area (Å²) in [6, 6.07) is 7.12. The zero-order valence-corrected chi connectivity index (χ0v) is 14.2. The van der Waals surface area contributed by atoms with Crippen LogP contribution in [0.2, 0.25) is 5.02 Å². The summed E-state index contributed by atoms with van der Waals surface area (Å²) in [6.07, 6.45) is 5.33. The maximum Gasteiger partial charge on any atom is 0.247 e. The third-order valence-corrected chi connectivity index (χ3v) is 4.44. The molecule has 0 spiro atoms. The number of piperidine rings is 1. The van der Waals surface area contributed by atoms with Gasteiger partial charge in [-0.05, 0) is 30.5 Å². The summed E-state index contributed by atoms with van der Waals surface area (Å²) in [4.78, 5) is 25.6. The van der Waals surface area contributed by atoms with Crippen molar-refractivity contribution in [1.82, 2.24) is 14.7 Å². The minimum atomic E-state index is -0.411. The SMILES string of the molecule is CN1C(=O)CCCC1C(=O)Nc1cnn(Cc2ccc(Cl)cc2)c1. The van der Waals surface area contributed by atoms with Crippen molar-refractivity contribution in [2.45, 2.75) is 31.8 Å². The van der Waals surface area contributed by atoms with Gasteiger partial charge in [-0.25, -0.2) is 0 Å². The number of halogens is 1. The zero-order valence-electron chi connectivity index (χ0n) is 13.4. The number of nitrogens with one attached hydrogen (secondary N) is 1. The van der Waals surface area contributed by atoms with E-state index in [2.05, 4.69) is 10.4 Å². The number of carbonyl (C=O) groups excluding carboxylic acids is 2. The van der Waals surface area contributed by atoms with E-state index in [9.17, 15) is 9.59 Å². The quantitative estimate of drug-likeness (QED) is 0.925. The number of amides is 2. The molecule has 1 saturated heterocycles. The minimum Gasteiger partial charge on any atom is -0.334 e. The maximum atomic E-state index is 12.4. The molecule has 1 N–H and O–H groups in total. The van der Waals surface area contributed by atoms with Crippen LogP contribution in [-0.2, 0) is 16.1 Å². The number of carbonyl (C=O) groups is 2. The van der Waals surface area contributed by atoms with E-state index in [1.807, 2.05) is 24.3 Å². The van der Waals surface area contributed by atoms with Crippen LogP contribution in [0, 0.1) is 0 Å². The molecule has 1 fully saturated rings. The van der Waals surface area contributed by atoms with E-state index in [1.165, 1.54) is 4.90 Å². The molecule has 0 radical (unpaired) electrons. The van der Waals surface area contributed by atoms with E-state index in [1.54, 1.807) is 24.1 Å². The lowest BCUT2D eigenvalue weighted by molar-refractivity contribution is -0.140. The molecule has 1 aromatic carbocycles. The third kappa shape index (κ3) is 3.76. The van der Waals surface area contributed by atoms with Gasteiger partial charge in [0.2, 0.25) is 11.8 Å². The average Bonchev–Trinajstić information content (AvgIpc) is 2.99. The molecule has 6 nitrogen and oxygen atoms in total. The van der Waals surface area contributed by atoms with Gasteiger partial charge >= 0.3 is 0 Å². The highest BCUT2D eigenvalue weighted by Gasteiger charge is 2.30. The summed E-state index contributed by atoms with van der Waals surface area (Å²) < 4.78 is 1.74. The first-order chi connectivity index (χ1) is 11.5. The molecule has 1 unspecified atom stereocenters. The van der Waals surface area contributed by atoms with Crippen LogP contribution in [0.15, 0.2) is 36.7 Å². The fourth-order valence-electron chi connectivity index (χ4n) is 2.81. The van der Waals surface area contributed by atoms with Gasteiger partial charge in [0.1, 0.15) is 6.04 Å². The molecule has 0 aliphatic carbocycles. The molecule has 24 heavy (non-hydrogen) atoms. The van der Waals surface area contributed by atoms with Crippen LogP contribution in [0.25, 0.3) is 0 Å². The Morgan fingerprint density at radius 1 is 1.38 bits per heavy atom. The second-order valence-corrected chi connectivity index (χ2v) is 6.39. The predicted molar refractivity (Wildman–Crippen MR) is 91.8 cm³/mol. The number of rotatable bonds is 4. The molecule has 1 aromatic heterocycles. The van der Waals surface area contributed by atoms with E-state index < -0.39 is 6.04 Å². The number of hydrogen-bond acceptors (Lipinski definition) is 3. The van der Waals surface area contributed by atoms with Crippen LogP contribution in [0.4, 0.5) is 5.69 Å². The summed E-state index contributed by atoms with van der Waals surface area (Å²) in [7, 11) is 1.68. The van der Waals surface area contributed by atoms with Crippen LogP contribution in [0.3, 0.4) is 0 Å². The predicted octanol–water partition coefficient (Wildman–Crippen LogP) is 2.53. The van der Waals surface area contributed by atoms with Crippen molar-refractivity contribution in [2.75, 3.05) is 12.4 Å². The summed E-state index contributed by atoms with van der Waals surface area (Å²) >= 11 is 5.87. The van der Waals surface area contributed by atoms with Gasteiger partial charge in [-0.3, -0.25) is 14.3 Å². The fraction of sp³-hybridized carbons (Fsp3) is 0.353. The monoisotopic (exact) mass is 346 g/mol. The molecular weight excluding hydrogens is 328 g/mol. The van der Waals surface area contributed by atoms with E-state index in [4.69, 9.17) is 11.6 Å². The van der Waals surface area contributed by atoms with Crippen molar-refractivity contribution >= 4 is 29.1 Å². The Kier molecular flexibility index (Phi) is 4.85. The van der Waals surface area contributed by atoms with Crippen molar-refractivity contribution < 1.29 is 9.59 Å². The van der Waals surface area contributed by atoms with E-state index in [-0.39, 0.29) is 11.8 Å². The molecule has 1 aliphatic rings. The van der Waals surface area contributed by atoms with Crippen LogP contribution in [-0.4, -0.2) is 39.6 Å². The lowest BCUT2D eigenvalue weighted by Crippen LogP contribution is -2.47. The molecule has 1 atom stereocenters. The average molecular weight is 347 g/mol. The van der Waals surface area contributed by atoms with Gasteiger partial charge < -0.3 is 10.2 Å². The standard InChI is InChI=1S/C17H19ClN4O2/c1-21-15(3-2-4-16(21)23)17(24)20-14-9-19-22(11-14)10-12-5-7-13(18)8-6-12/h5-9,11,15H,2-4,10H2,1H3,(H,20,24). The smallest absolute Gasteiger partial charge is 0.247 e. The lowest BCUT2D eigenvalue weighted by atomic mass is 10.0. The topological polar surface area (TPSA) is 67.2 Å². The molecule has 0 saturated carbocycles. The Morgan fingerprint density at radius 2 is 2.12 bits per heavy atom. The zero-order chi connectivity index (χ0) is 17.1. The number of hydrogen-bond donors (Lipinski definition) is 1. The molecule has 2 heterocycles. The van der Waals surface area contributed by atoms with Gasteiger partial charge in [-0.2, -0.15) is 5.10 Å². The van der Waals surface area contributed by atoms with Crippen molar-refractivity contribution in [1.29, 1.82) is 0 Å². The van der Waals surface area contributed by atoms with Crippen LogP contribution in [0.1, 0.15) is 24.8 Å². The van der Waals surface area contributed by atoms with Crippen LogP contribution in [0.5, 0.6) is 0 Å². The summed E-state index contributed by atoms with van der Waals surface area (Å²) in [5.74, 6) is -0.156. The van der Waals surface area contributed by atoms with Crippen molar-refractivity contribution in [3.05, 3.63) is 47.2 Å². The first-order valence-corrected chi connectivity index (χ1v) is 8.24. The third-order valence-electron chi connectivity index (χ3n) is 4.19. The molecule has 2 aromatic rings. The van der Waals surface area contributed by atoms with Gasteiger partial charge in [-0.15, -0.1) is 0 Å². The van der Waals surface area contributed by atoms with Crippen molar-refractivity contribution in [3.63, 3.8) is 0 Å². The highest BCUT2D eigenvalue weighted by atomic mass is 35.5. The molecule has 0 bridgehead atoms. The van der Waals surface area contributed by atoms with Gasteiger partial charge in [0.25, 0.3) is 0 Å². The number of benzene rings is 1. The molecule has 126 valence electrons. The van der Waals surface area contributed by atoms with Gasteiger partial charge in [0.05, 0.1) is 18.4 Å². The first kappa shape index (κ1) is 16.5. The number of likely N-dealkylation sites (N-methyl/N-ethyl adjacent to an activating group) is 1. The van der Waals surface area contributed by atoms with Crippen LogP contribution >= 0.6 is 11.6 Å². The second kappa shape index (κ2) is 7.05. The number of nitrogens with zero attached hydrogens (tertiary/aromatic N) is 3. The largest absolute Gasteiger partial charge is 0.334 e. The minimum absolute atomic E-state index is 0.0137. The first-order valence-electron chi connectivity index (χ1n) is 7.86. The lowest BCUT2D eigenvalue weighted by Gasteiger charge is -2.31. The van der Waals surface area contributed by atoms with Crippen molar-refractivity contribution in [2.24, 2.45) is 0 Å². The molecular formula is C17H19ClN4O2. The number of aromatic nitrogens is 2. The fourth-order valence-corrected chi connectivity index (χ4v) is 2.94. The Bertz CT molecular complexity index is 741. The van der Waals surface area contributed by atoms with Crippen molar-refractivity contribution in [3.8, 4) is 0 Å². The molecule has 1 aliphatic heterocycles. The van der Waals surface area contributed by atoms with Gasteiger partial charge in [0, 0.05) is 24.7 Å². The van der Waals surface area contributed by atoms with E-state index in [0.29, 0.717) is 30.1 Å². The Balaban J connectivity index is 1.62. The number of anilines is 1. The summed E-state index contributed by atoms with van der Waals surface area (Å²) in [5.41, 5.74) is 1.69. The van der Waals surface area contributed by atoms with E-state index in [0.717, 1.165) is 12.0 Å². The van der Waals surface area contributed by atoms with Gasteiger partial charge in [0.15, 0.2) is 0 Å². The Labute approximate surface area is 145 Å². The molecule has 3 rings (SSSR count). The normalized spacial score (nSPS) is 17.8. The highest BCUT2D eigenvalue weighted by Crippen LogP contribution is 2.18. The molecule has 7 heteroatoms. The highest BCUT2D eigenvalue weighted by molar-refractivity contribution is 6.30. The van der Waals surface area contributed by atoms with Gasteiger partial charge in [-0.1, -0.05) is 23.7 Å². The maximum absolute atomic E-state index is 12.4. The number of likely N-dealkylation sites (tertiary alicyclic amines) is 1.